The zero-order valence-corrected chi connectivity index (χ0v) is 10.2. The largest absolute Gasteiger partial charge is 0.381 e. The maximum Gasteiger partial charge on any atom is 0.248 e. The Morgan fingerprint density at radius 2 is 2.06 bits per heavy atom. The molecule has 2 amide bonds. The number of carbonyl (C=O) groups is 2. The van der Waals surface area contributed by atoms with Crippen LogP contribution in [0.3, 0.4) is 0 Å². The second-order valence-electron chi connectivity index (χ2n) is 4.51. The van der Waals surface area contributed by atoms with Gasteiger partial charge in [0.15, 0.2) is 0 Å². The number of aliphatic hydroxyl groups is 1. The SMILES string of the molecule is CCC1(C(=O)NCC(O)C(N)=O)CCNCC1. The van der Waals surface area contributed by atoms with Crippen molar-refractivity contribution in [1.82, 2.24) is 10.6 Å². The molecule has 1 heterocycles. The van der Waals surface area contributed by atoms with E-state index in [4.69, 9.17) is 5.73 Å². The Balaban J connectivity index is 2.52. The Morgan fingerprint density at radius 3 is 2.53 bits per heavy atom. The van der Waals surface area contributed by atoms with Crippen molar-refractivity contribution in [3.8, 4) is 0 Å². The highest BCUT2D eigenvalue weighted by atomic mass is 16.3. The molecule has 98 valence electrons. The summed E-state index contributed by atoms with van der Waals surface area (Å²) in [7, 11) is 0. The Bertz CT molecular complexity index is 288. The molecule has 1 saturated heterocycles. The average Bonchev–Trinajstić information content (AvgIpc) is 2.36. The number of aliphatic hydroxyl groups excluding tert-OH is 1. The van der Waals surface area contributed by atoms with E-state index in [0.717, 1.165) is 32.4 Å². The van der Waals surface area contributed by atoms with Crippen LogP contribution in [-0.4, -0.2) is 42.7 Å². The van der Waals surface area contributed by atoms with Crippen LogP contribution in [-0.2, 0) is 9.59 Å². The molecule has 1 atom stereocenters. The molecule has 0 aromatic rings. The molecule has 6 nitrogen and oxygen atoms in total. The van der Waals surface area contributed by atoms with E-state index >= 15 is 0 Å². The number of hydrogen-bond acceptors (Lipinski definition) is 4. The van der Waals surface area contributed by atoms with Crippen molar-refractivity contribution in [1.29, 1.82) is 0 Å². The van der Waals surface area contributed by atoms with Gasteiger partial charge in [-0.15, -0.1) is 0 Å². The maximum absolute atomic E-state index is 12.1. The Hall–Kier alpha value is -1.14. The molecule has 0 radical (unpaired) electrons. The van der Waals surface area contributed by atoms with E-state index in [1.54, 1.807) is 0 Å². The number of nitrogens with one attached hydrogen (secondary N) is 2. The molecule has 5 N–H and O–H groups in total. The molecule has 1 rings (SSSR count). The number of nitrogens with two attached hydrogens (primary N) is 1. The van der Waals surface area contributed by atoms with Gasteiger partial charge in [-0.25, -0.2) is 0 Å². The molecule has 0 spiro atoms. The number of piperidine rings is 1. The highest BCUT2D eigenvalue weighted by Gasteiger charge is 2.37. The lowest BCUT2D eigenvalue weighted by Gasteiger charge is -2.35. The number of carbonyl (C=O) groups excluding carboxylic acids is 2. The van der Waals surface area contributed by atoms with Crippen LogP contribution in [0.5, 0.6) is 0 Å². The smallest absolute Gasteiger partial charge is 0.248 e. The third kappa shape index (κ3) is 3.41. The highest BCUT2D eigenvalue weighted by Crippen LogP contribution is 2.32. The molecule has 0 aromatic heterocycles. The summed E-state index contributed by atoms with van der Waals surface area (Å²) < 4.78 is 0. The quantitative estimate of drug-likeness (QED) is 0.483. The molecular weight excluding hydrogens is 222 g/mol. The van der Waals surface area contributed by atoms with Crippen molar-refractivity contribution in [2.75, 3.05) is 19.6 Å². The first-order chi connectivity index (χ1) is 8.02. The maximum atomic E-state index is 12.1. The van der Waals surface area contributed by atoms with Crippen LogP contribution in [0.2, 0.25) is 0 Å². The minimum absolute atomic E-state index is 0.0956. The monoisotopic (exact) mass is 243 g/mol. The summed E-state index contributed by atoms with van der Waals surface area (Å²) in [5.41, 5.74) is 4.54. The number of rotatable bonds is 5. The fraction of sp³-hybridized carbons (Fsp3) is 0.818. The van der Waals surface area contributed by atoms with Crippen molar-refractivity contribution >= 4 is 11.8 Å². The van der Waals surface area contributed by atoms with Gasteiger partial charge in [0.1, 0.15) is 6.10 Å². The fourth-order valence-electron chi connectivity index (χ4n) is 2.12. The molecule has 1 unspecified atom stereocenters. The lowest BCUT2D eigenvalue weighted by atomic mass is 9.76. The van der Waals surface area contributed by atoms with E-state index < -0.39 is 12.0 Å². The van der Waals surface area contributed by atoms with Crippen LogP contribution in [0.25, 0.3) is 0 Å². The summed E-state index contributed by atoms with van der Waals surface area (Å²) in [6, 6.07) is 0. The molecule has 6 heteroatoms. The number of hydrogen-bond donors (Lipinski definition) is 4. The van der Waals surface area contributed by atoms with Gasteiger partial charge in [-0.3, -0.25) is 9.59 Å². The second kappa shape index (κ2) is 5.97. The van der Waals surface area contributed by atoms with Gasteiger partial charge in [0.25, 0.3) is 0 Å². The lowest BCUT2D eigenvalue weighted by Crippen LogP contribution is -2.50. The topological polar surface area (TPSA) is 104 Å². The van der Waals surface area contributed by atoms with Crippen LogP contribution in [0.15, 0.2) is 0 Å². The Morgan fingerprint density at radius 1 is 1.47 bits per heavy atom. The van der Waals surface area contributed by atoms with Gasteiger partial charge in [0, 0.05) is 0 Å². The van der Waals surface area contributed by atoms with Gasteiger partial charge >= 0.3 is 0 Å². The summed E-state index contributed by atoms with van der Waals surface area (Å²) in [5, 5.41) is 15.0. The van der Waals surface area contributed by atoms with Crippen molar-refractivity contribution < 1.29 is 14.7 Å². The molecule has 1 aliphatic rings. The van der Waals surface area contributed by atoms with Crippen LogP contribution in [0, 0.1) is 5.41 Å². The summed E-state index contributed by atoms with van der Waals surface area (Å²) in [5.74, 6) is -0.914. The number of amides is 2. The average molecular weight is 243 g/mol. The third-order valence-electron chi connectivity index (χ3n) is 3.50. The molecule has 0 aromatic carbocycles. The predicted molar refractivity (Wildman–Crippen MR) is 63.0 cm³/mol. The molecule has 17 heavy (non-hydrogen) atoms. The molecule has 0 bridgehead atoms. The predicted octanol–water partition coefficient (Wildman–Crippen LogP) is -1.27. The molecule has 0 aliphatic carbocycles. The molecular formula is C11H21N3O3. The van der Waals surface area contributed by atoms with E-state index in [0.29, 0.717) is 0 Å². The second-order valence-corrected chi connectivity index (χ2v) is 4.51. The van der Waals surface area contributed by atoms with Crippen molar-refractivity contribution in [3.05, 3.63) is 0 Å². The summed E-state index contributed by atoms with van der Waals surface area (Å²) in [6.07, 6.45) is 1.01. The fourth-order valence-corrected chi connectivity index (χ4v) is 2.12. The summed E-state index contributed by atoms with van der Waals surface area (Å²) >= 11 is 0. The zero-order valence-electron chi connectivity index (χ0n) is 10.2. The Labute approximate surface area is 101 Å². The molecule has 1 aliphatic heterocycles. The standard InChI is InChI=1S/C11H21N3O3/c1-2-11(3-5-13-6-4-11)10(17)14-7-8(15)9(12)16/h8,13,15H,2-7H2,1H3,(H2,12,16)(H,14,17). The van der Waals surface area contributed by atoms with Gasteiger partial charge < -0.3 is 21.5 Å². The minimum atomic E-state index is -1.31. The highest BCUT2D eigenvalue weighted by molar-refractivity contribution is 5.84. The van der Waals surface area contributed by atoms with Gasteiger partial charge in [-0.05, 0) is 32.4 Å². The first kappa shape index (κ1) is 13.9. The van der Waals surface area contributed by atoms with Crippen molar-refractivity contribution in [2.24, 2.45) is 11.1 Å². The van der Waals surface area contributed by atoms with Crippen LogP contribution in [0.1, 0.15) is 26.2 Å². The van der Waals surface area contributed by atoms with E-state index in [1.165, 1.54) is 0 Å². The first-order valence-corrected chi connectivity index (χ1v) is 5.98. The molecule has 0 saturated carbocycles. The normalized spacial score (nSPS) is 20.6. The van der Waals surface area contributed by atoms with E-state index in [9.17, 15) is 14.7 Å². The number of primary amides is 1. The lowest BCUT2D eigenvalue weighted by molar-refractivity contribution is -0.134. The van der Waals surface area contributed by atoms with Crippen LogP contribution < -0.4 is 16.4 Å². The van der Waals surface area contributed by atoms with Crippen LogP contribution >= 0.6 is 0 Å². The summed E-state index contributed by atoms with van der Waals surface area (Å²) in [6.45, 7) is 3.51. The van der Waals surface area contributed by atoms with Gasteiger partial charge in [-0.1, -0.05) is 6.92 Å². The van der Waals surface area contributed by atoms with Crippen molar-refractivity contribution in [2.45, 2.75) is 32.3 Å². The van der Waals surface area contributed by atoms with Gasteiger partial charge in [0.2, 0.25) is 11.8 Å². The first-order valence-electron chi connectivity index (χ1n) is 5.98. The van der Waals surface area contributed by atoms with Gasteiger partial charge in [-0.2, -0.15) is 0 Å². The minimum Gasteiger partial charge on any atom is -0.381 e. The van der Waals surface area contributed by atoms with E-state index in [-0.39, 0.29) is 17.9 Å². The van der Waals surface area contributed by atoms with Crippen molar-refractivity contribution in [3.63, 3.8) is 0 Å². The third-order valence-corrected chi connectivity index (χ3v) is 3.50. The summed E-state index contributed by atoms with van der Waals surface area (Å²) in [4.78, 5) is 22.7. The van der Waals surface area contributed by atoms with E-state index in [2.05, 4.69) is 10.6 Å². The molecule has 1 fully saturated rings. The zero-order chi connectivity index (χ0) is 12.9. The van der Waals surface area contributed by atoms with E-state index in [1.807, 2.05) is 6.92 Å². The van der Waals surface area contributed by atoms with Gasteiger partial charge in [0.05, 0.1) is 12.0 Å². The van der Waals surface area contributed by atoms with Crippen LogP contribution in [0.4, 0.5) is 0 Å². The Kier molecular flexibility index (Phi) is 4.89.